The lowest BCUT2D eigenvalue weighted by Gasteiger charge is -2.26. The molecule has 0 spiro atoms. The van der Waals surface area contributed by atoms with E-state index in [-0.39, 0.29) is 5.78 Å². The topological polar surface area (TPSA) is 43.3 Å². The van der Waals surface area contributed by atoms with Crippen LogP contribution in [0.3, 0.4) is 0 Å². The van der Waals surface area contributed by atoms with Gasteiger partial charge in [0.25, 0.3) is 0 Å². The summed E-state index contributed by atoms with van der Waals surface area (Å²) in [6.07, 6.45) is 6.38. The molecule has 1 heterocycles. The van der Waals surface area contributed by atoms with Crippen LogP contribution < -0.4 is 10.1 Å². The van der Waals surface area contributed by atoms with E-state index in [2.05, 4.69) is 29.8 Å². The van der Waals surface area contributed by atoms with Gasteiger partial charge in [0.05, 0.1) is 13.7 Å². The molecule has 1 fully saturated rings. The largest absolute Gasteiger partial charge is 0.497 e. The molecule has 0 amide bonds. The Kier molecular flexibility index (Phi) is 5.47. The minimum atomic E-state index is 0.137. The molecule has 3 rings (SSSR count). The van der Waals surface area contributed by atoms with E-state index in [1.165, 1.54) is 37.8 Å². The van der Waals surface area contributed by atoms with Crippen molar-refractivity contribution in [3.63, 3.8) is 0 Å². The fraction of sp³-hybridized carbons (Fsp3) is 0.476. The summed E-state index contributed by atoms with van der Waals surface area (Å²) >= 11 is 0. The zero-order valence-electron chi connectivity index (χ0n) is 15.5. The van der Waals surface area contributed by atoms with Gasteiger partial charge in [0.1, 0.15) is 5.75 Å². The average Bonchev–Trinajstić information content (AvgIpc) is 2.95. The molecule has 25 heavy (non-hydrogen) atoms. The Bertz CT molecular complexity index is 742. The quantitative estimate of drug-likeness (QED) is 0.760. The Morgan fingerprint density at radius 3 is 2.68 bits per heavy atom. The fourth-order valence-corrected chi connectivity index (χ4v) is 3.97. The molecule has 1 N–H and O–H groups in total. The first-order valence-corrected chi connectivity index (χ1v) is 9.19. The minimum absolute atomic E-state index is 0.137. The van der Waals surface area contributed by atoms with Crippen LogP contribution in [-0.2, 0) is 0 Å². The molecule has 1 aromatic heterocycles. The highest BCUT2D eigenvalue weighted by molar-refractivity contribution is 6.00. The maximum absolute atomic E-state index is 12.7. The van der Waals surface area contributed by atoms with E-state index < -0.39 is 0 Å². The zero-order chi connectivity index (χ0) is 17.8. The van der Waals surface area contributed by atoms with Gasteiger partial charge in [-0.3, -0.25) is 4.79 Å². The van der Waals surface area contributed by atoms with Crippen molar-refractivity contribution in [1.29, 1.82) is 0 Å². The molecular formula is C21H28N2O2. The molecule has 0 radical (unpaired) electrons. The number of aryl methyl sites for hydroxylation is 1. The van der Waals surface area contributed by atoms with Gasteiger partial charge < -0.3 is 14.6 Å². The molecular weight excluding hydrogens is 312 g/mol. The number of benzene rings is 1. The summed E-state index contributed by atoms with van der Waals surface area (Å²) in [5, 5.41) is 3.21. The van der Waals surface area contributed by atoms with E-state index in [0.717, 1.165) is 22.7 Å². The Labute approximate surface area is 150 Å². The van der Waals surface area contributed by atoms with Gasteiger partial charge in [-0.25, -0.2) is 0 Å². The number of methoxy groups -OCH3 is 1. The van der Waals surface area contributed by atoms with Gasteiger partial charge in [0.15, 0.2) is 5.78 Å². The van der Waals surface area contributed by atoms with E-state index in [0.29, 0.717) is 12.6 Å². The molecule has 4 nitrogen and oxygen atoms in total. The summed E-state index contributed by atoms with van der Waals surface area (Å²) in [7, 11) is 1.64. The van der Waals surface area contributed by atoms with Crippen LogP contribution in [0, 0.1) is 13.8 Å². The number of Topliss-reactive ketones (excluding diaryl/α,β-unsaturated/α-hetero) is 1. The van der Waals surface area contributed by atoms with Gasteiger partial charge in [-0.1, -0.05) is 25.3 Å². The molecule has 134 valence electrons. The highest BCUT2D eigenvalue weighted by atomic mass is 16.5. The summed E-state index contributed by atoms with van der Waals surface area (Å²) in [5.74, 6) is 0.922. The predicted molar refractivity (Wildman–Crippen MR) is 102 cm³/mol. The number of nitrogens with zero attached hydrogens (tertiary/aromatic N) is 1. The maximum Gasteiger partial charge on any atom is 0.183 e. The summed E-state index contributed by atoms with van der Waals surface area (Å²) in [5.41, 5.74) is 4.06. The number of anilines is 1. The number of aromatic nitrogens is 1. The second-order valence-corrected chi connectivity index (χ2v) is 6.96. The molecule has 0 aliphatic heterocycles. The van der Waals surface area contributed by atoms with E-state index >= 15 is 0 Å². The first kappa shape index (κ1) is 17.6. The molecule has 1 aliphatic carbocycles. The van der Waals surface area contributed by atoms with Crippen LogP contribution in [0.2, 0.25) is 0 Å². The second-order valence-electron chi connectivity index (χ2n) is 6.96. The molecule has 4 heteroatoms. The minimum Gasteiger partial charge on any atom is -0.497 e. The molecule has 1 aromatic carbocycles. The van der Waals surface area contributed by atoms with Crippen LogP contribution in [0.4, 0.5) is 5.69 Å². The lowest BCUT2D eigenvalue weighted by molar-refractivity contribution is 0.100. The number of carbonyl (C=O) groups excluding carboxylic acids is 1. The number of carbonyl (C=O) groups is 1. The van der Waals surface area contributed by atoms with Crippen molar-refractivity contribution in [2.75, 3.05) is 19.0 Å². The lowest BCUT2D eigenvalue weighted by atomic mass is 9.95. The van der Waals surface area contributed by atoms with Crippen LogP contribution in [0.25, 0.3) is 0 Å². The van der Waals surface area contributed by atoms with Crippen LogP contribution in [0.15, 0.2) is 30.3 Å². The standard InChI is InChI=1S/C21H28N2O2/c1-15-12-20(16(2)23(15)18-9-5-4-6-10-18)21(24)14-22-17-8-7-11-19(13-17)25-3/h7-8,11-13,18,22H,4-6,9-10,14H2,1-3H3. The third-order valence-electron chi connectivity index (χ3n) is 5.25. The Morgan fingerprint density at radius 1 is 1.20 bits per heavy atom. The van der Waals surface area contributed by atoms with Crippen molar-refractivity contribution in [1.82, 2.24) is 4.57 Å². The molecule has 1 saturated carbocycles. The first-order valence-electron chi connectivity index (χ1n) is 9.19. The summed E-state index contributed by atoms with van der Waals surface area (Å²) in [6, 6.07) is 10.3. The second kappa shape index (κ2) is 7.77. The Morgan fingerprint density at radius 2 is 1.96 bits per heavy atom. The number of ketones is 1. The Balaban J connectivity index is 1.71. The van der Waals surface area contributed by atoms with E-state index in [4.69, 9.17) is 4.74 Å². The van der Waals surface area contributed by atoms with Crippen LogP contribution in [-0.4, -0.2) is 24.0 Å². The van der Waals surface area contributed by atoms with Crippen molar-refractivity contribution in [3.05, 3.63) is 47.3 Å². The van der Waals surface area contributed by atoms with E-state index in [1.807, 2.05) is 24.3 Å². The first-order chi connectivity index (χ1) is 12.1. The molecule has 0 bridgehead atoms. The van der Waals surface area contributed by atoms with Gasteiger partial charge in [-0.2, -0.15) is 0 Å². The SMILES string of the molecule is COc1cccc(NCC(=O)c2cc(C)n(C3CCCCC3)c2C)c1. The summed E-state index contributed by atoms with van der Waals surface area (Å²) in [6.45, 7) is 4.50. The molecule has 1 aliphatic rings. The van der Waals surface area contributed by atoms with Crippen molar-refractivity contribution in [2.45, 2.75) is 52.0 Å². The summed E-state index contributed by atoms with van der Waals surface area (Å²) < 4.78 is 7.61. The van der Waals surface area contributed by atoms with E-state index in [1.54, 1.807) is 7.11 Å². The monoisotopic (exact) mass is 340 g/mol. The number of nitrogens with one attached hydrogen (secondary N) is 1. The van der Waals surface area contributed by atoms with Crippen molar-refractivity contribution in [2.24, 2.45) is 0 Å². The van der Waals surface area contributed by atoms with Gasteiger partial charge >= 0.3 is 0 Å². The average molecular weight is 340 g/mol. The van der Waals surface area contributed by atoms with Gasteiger partial charge in [-0.05, 0) is 44.9 Å². The van der Waals surface area contributed by atoms with E-state index in [9.17, 15) is 4.79 Å². The molecule has 0 atom stereocenters. The van der Waals surface area contributed by atoms with Crippen molar-refractivity contribution >= 4 is 11.5 Å². The fourth-order valence-electron chi connectivity index (χ4n) is 3.97. The lowest BCUT2D eigenvalue weighted by Crippen LogP contribution is -2.17. The summed E-state index contributed by atoms with van der Waals surface area (Å²) in [4.78, 5) is 12.7. The highest BCUT2D eigenvalue weighted by Gasteiger charge is 2.22. The highest BCUT2D eigenvalue weighted by Crippen LogP contribution is 2.32. The molecule has 2 aromatic rings. The maximum atomic E-state index is 12.7. The van der Waals surface area contributed by atoms with Gasteiger partial charge in [0.2, 0.25) is 0 Å². The number of hydrogen-bond acceptors (Lipinski definition) is 3. The predicted octanol–water partition coefficient (Wildman–Crippen LogP) is 4.91. The normalized spacial score (nSPS) is 15.2. The third-order valence-corrected chi connectivity index (χ3v) is 5.25. The van der Waals surface area contributed by atoms with Crippen LogP contribution in [0.1, 0.15) is 59.9 Å². The van der Waals surface area contributed by atoms with Crippen molar-refractivity contribution < 1.29 is 9.53 Å². The van der Waals surface area contributed by atoms with Gasteiger partial charge in [0, 0.05) is 34.7 Å². The Hall–Kier alpha value is -2.23. The molecule has 0 unspecified atom stereocenters. The number of rotatable bonds is 6. The van der Waals surface area contributed by atoms with Crippen LogP contribution in [0.5, 0.6) is 5.75 Å². The van der Waals surface area contributed by atoms with Gasteiger partial charge in [-0.15, -0.1) is 0 Å². The number of ether oxygens (including phenoxy) is 1. The van der Waals surface area contributed by atoms with Crippen molar-refractivity contribution in [3.8, 4) is 5.75 Å². The number of hydrogen-bond donors (Lipinski definition) is 1. The van der Waals surface area contributed by atoms with Crippen LogP contribution >= 0.6 is 0 Å². The molecule has 0 saturated heterocycles. The smallest absolute Gasteiger partial charge is 0.183 e. The third kappa shape index (κ3) is 3.89. The zero-order valence-corrected chi connectivity index (χ0v) is 15.5.